The van der Waals surface area contributed by atoms with Gasteiger partial charge >= 0.3 is 0 Å². The Hall–Kier alpha value is -4.26. The largest absolute Gasteiger partial charge is 0.495 e. The number of ether oxygens (including phenoxy) is 1. The summed E-state index contributed by atoms with van der Waals surface area (Å²) in [6, 6.07) is 18.1. The monoisotopic (exact) mass is 436 g/mol. The van der Waals surface area contributed by atoms with Gasteiger partial charge < -0.3 is 15.0 Å². The first kappa shape index (κ1) is 20.6. The molecule has 0 amide bonds. The fraction of sp³-hybridized carbons (Fsp3) is 0.154. The molecule has 164 valence electrons. The number of fused-ring (bicyclic) bond motifs is 1. The molecule has 0 radical (unpaired) electrons. The molecule has 0 fully saturated rings. The molecule has 0 saturated heterocycles. The maximum atomic E-state index is 5.34. The van der Waals surface area contributed by atoms with Crippen LogP contribution in [0.5, 0.6) is 5.75 Å². The third kappa shape index (κ3) is 4.52. The van der Waals surface area contributed by atoms with Gasteiger partial charge in [0.15, 0.2) is 5.82 Å². The predicted molar refractivity (Wildman–Crippen MR) is 130 cm³/mol. The highest BCUT2D eigenvalue weighted by Gasteiger charge is 2.11. The van der Waals surface area contributed by atoms with Crippen molar-refractivity contribution in [3.63, 3.8) is 0 Å². The van der Waals surface area contributed by atoms with E-state index in [0.29, 0.717) is 11.6 Å². The van der Waals surface area contributed by atoms with Gasteiger partial charge in [0.2, 0.25) is 0 Å². The molecule has 4 heterocycles. The molecule has 0 bridgehead atoms. The van der Waals surface area contributed by atoms with Gasteiger partial charge in [0.05, 0.1) is 19.0 Å². The molecule has 5 rings (SSSR count). The average Bonchev–Trinajstić information content (AvgIpc) is 3.34. The Morgan fingerprint density at radius 1 is 0.939 bits per heavy atom. The van der Waals surface area contributed by atoms with Gasteiger partial charge in [-0.3, -0.25) is 4.98 Å². The Kier molecular flexibility index (Phi) is 5.68. The molecule has 7 heteroatoms. The van der Waals surface area contributed by atoms with Crippen molar-refractivity contribution < 1.29 is 4.74 Å². The van der Waals surface area contributed by atoms with Crippen molar-refractivity contribution in [2.24, 2.45) is 0 Å². The van der Waals surface area contributed by atoms with E-state index in [-0.39, 0.29) is 0 Å². The van der Waals surface area contributed by atoms with E-state index in [2.05, 4.69) is 44.5 Å². The number of nitrogens with one attached hydrogen (secondary N) is 2. The summed E-state index contributed by atoms with van der Waals surface area (Å²) in [5.74, 6) is 1.98. The lowest BCUT2D eigenvalue weighted by molar-refractivity contribution is 0.413. The summed E-state index contributed by atoms with van der Waals surface area (Å²) in [4.78, 5) is 21.7. The van der Waals surface area contributed by atoms with E-state index in [4.69, 9.17) is 14.7 Å². The standard InChI is InChI=1S/C26H24N6O/c1-17-5-3-8-23(30-17)26-31-24(19-13-20(33-2)16-27-15-19)14-25(32-26)29-11-9-18-6-4-7-22-21(18)10-12-28-22/h3-8,10,12-16,28H,9,11H2,1-2H3,(H,29,31,32). The van der Waals surface area contributed by atoms with Crippen molar-refractivity contribution in [3.05, 3.63) is 84.4 Å². The predicted octanol–water partition coefficient (Wildman–Crippen LogP) is 5.05. The van der Waals surface area contributed by atoms with Gasteiger partial charge in [-0.25, -0.2) is 15.0 Å². The molecule has 4 aromatic heterocycles. The normalized spacial score (nSPS) is 11.0. The number of aromatic amines is 1. The molecule has 0 spiro atoms. The zero-order valence-corrected chi connectivity index (χ0v) is 18.5. The Morgan fingerprint density at radius 2 is 1.85 bits per heavy atom. The molecule has 0 saturated carbocycles. The van der Waals surface area contributed by atoms with Crippen LogP contribution in [0.15, 0.2) is 73.2 Å². The Labute approximate surface area is 191 Å². The highest BCUT2D eigenvalue weighted by atomic mass is 16.5. The zero-order chi connectivity index (χ0) is 22.6. The quantitative estimate of drug-likeness (QED) is 0.371. The Bertz CT molecular complexity index is 1410. The van der Waals surface area contributed by atoms with Crippen molar-refractivity contribution in [1.82, 2.24) is 24.9 Å². The van der Waals surface area contributed by atoms with Gasteiger partial charge in [0, 0.05) is 47.2 Å². The van der Waals surface area contributed by atoms with E-state index in [9.17, 15) is 0 Å². The number of anilines is 1. The first-order valence-corrected chi connectivity index (χ1v) is 10.8. The fourth-order valence-corrected chi connectivity index (χ4v) is 3.83. The fourth-order valence-electron chi connectivity index (χ4n) is 3.83. The van der Waals surface area contributed by atoms with Crippen molar-refractivity contribution >= 4 is 16.7 Å². The molecule has 0 aliphatic carbocycles. The molecule has 0 unspecified atom stereocenters. The number of aryl methyl sites for hydroxylation is 1. The van der Waals surface area contributed by atoms with Crippen LogP contribution < -0.4 is 10.1 Å². The molecule has 1 aromatic carbocycles. The number of rotatable bonds is 7. The molecular weight excluding hydrogens is 412 g/mol. The number of benzene rings is 1. The van der Waals surface area contributed by atoms with Crippen LogP contribution in [0.2, 0.25) is 0 Å². The number of hydrogen-bond acceptors (Lipinski definition) is 6. The average molecular weight is 437 g/mol. The smallest absolute Gasteiger partial charge is 0.180 e. The topological polar surface area (TPSA) is 88.6 Å². The molecule has 0 aliphatic heterocycles. The van der Waals surface area contributed by atoms with Gasteiger partial charge in [-0.15, -0.1) is 0 Å². The van der Waals surface area contributed by atoms with Crippen LogP contribution in [-0.2, 0) is 6.42 Å². The minimum atomic E-state index is 0.564. The lowest BCUT2D eigenvalue weighted by atomic mass is 10.1. The third-order valence-electron chi connectivity index (χ3n) is 5.47. The summed E-state index contributed by atoms with van der Waals surface area (Å²) in [6.45, 7) is 2.69. The van der Waals surface area contributed by atoms with Crippen LogP contribution in [0.3, 0.4) is 0 Å². The molecule has 33 heavy (non-hydrogen) atoms. The van der Waals surface area contributed by atoms with Crippen LogP contribution in [0.4, 0.5) is 5.82 Å². The first-order chi connectivity index (χ1) is 16.2. The summed E-state index contributed by atoms with van der Waals surface area (Å²) < 4.78 is 5.34. The lowest BCUT2D eigenvalue weighted by Crippen LogP contribution is -2.08. The van der Waals surface area contributed by atoms with Gasteiger partial charge in [-0.1, -0.05) is 18.2 Å². The highest BCUT2D eigenvalue weighted by molar-refractivity contribution is 5.82. The van der Waals surface area contributed by atoms with E-state index >= 15 is 0 Å². The van der Waals surface area contributed by atoms with Gasteiger partial charge in [0.1, 0.15) is 17.3 Å². The van der Waals surface area contributed by atoms with Crippen LogP contribution >= 0.6 is 0 Å². The van der Waals surface area contributed by atoms with Gasteiger partial charge in [-0.05, 0) is 49.2 Å². The number of hydrogen-bond donors (Lipinski definition) is 2. The van der Waals surface area contributed by atoms with Crippen LogP contribution in [0.25, 0.3) is 33.7 Å². The van der Waals surface area contributed by atoms with Crippen molar-refractivity contribution in [3.8, 4) is 28.5 Å². The summed E-state index contributed by atoms with van der Waals surface area (Å²) in [6.07, 6.45) is 6.29. The molecule has 0 atom stereocenters. The number of pyridine rings is 2. The number of methoxy groups -OCH3 is 1. The highest BCUT2D eigenvalue weighted by Crippen LogP contribution is 2.26. The van der Waals surface area contributed by atoms with E-state index < -0.39 is 0 Å². The maximum Gasteiger partial charge on any atom is 0.180 e. The van der Waals surface area contributed by atoms with E-state index in [1.165, 1.54) is 10.9 Å². The molecule has 5 aromatic rings. The van der Waals surface area contributed by atoms with Gasteiger partial charge in [-0.2, -0.15) is 0 Å². The Balaban J connectivity index is 1.46. The van der Waals surface area contributed by atoms with Crippen LogP contribution in [0, 0.1) is 6.92 Å². The van der Waals surface area contributed by atoms with Gasteiger partial charge in [0.25, 0.3) is 0 Å². The second-order valence-electron chi connectivity index (χ2n) is 7.77. The minimum Gasteiger partial charge on any atom is -0.495 e. The van der Waals surface area contributed by atoms with E-state index in [1.807, 2.05) is 43.5 Å². The minimum absolute atomic E-state index is 0.564. The summed E-state index contributed by atoms with van der Waals surface area (Å²) in [5, 5.41) is 4.72. The molecular formula is C26H24N6O. The summed E-state index contributed by atoms with van der Waals surface area (Å²) in [7, 11) is 1.63. The van der Waals surface area contributed by atoms with E-state index in [0.717, 1.165) is 46.9 Å². The molecule has 0 aliphatic rings. The van der Waals surface area contributed by atoms with Crippen LogP contribution in [0.1, 0.15) is 11.3 Å². The number of H-pyrrole nitrogens is 1. The van der Waals surface area contributed by atoms with E-state index in [1.54, 1.807) is 19.5 Å². The SMILES string of the molecule is COc1cncc(-c2cc(NCCc3cccc4[nH]ccc34)nc(-c3cccc(C)n3)n2)c1. The number of aromatic nitrogens is 5. The summed E-state index contributed by atoms with van der Waals surface area (Å²) in [5.41, 5.74) is 5.69. The summed E-state index contributed by atoms with van der Waals surface area (Å²) >= 11 is 0. The maximum absolute atomic E-state index is 5.34. The molecule has 2 N–H and O–H groups in total. The zero-order valence-electron chi connectivity index (χ0n) is 18.5. The first-order valence-electron chi connectivity index (χ1n) is 10.8. The van der Waals surface area contributed by atoms with Crippen molar-refractivity contribution in [2.45, 2.75) is 13.3 Å². The second-order valence-corrected chi connectivity index (χ2v) is 7.77. The van der Waals surface area contributed by atoms with Crippen LogP contribution in [-0.4, -0.2) is 38.6 Å². The van der Waals surface area contributed by atoms with Crippen molar-refractivity contribution in [1.29, 1.82) is 0 Å². The lowest BCUT2D eigenvalue weighted by Gasteiger charge is -2.11. The van der Waals surface area contributed by atoms with Crippen molar-refractivity contribution in [2.75, 3.05) is 19.0 Å². The number of nitrogens with zero attached hydrogens (tertiary/aromatic N) is 4. The Morgan fingerprint density at radius 3 is 2.73 bits per heavy atom. The second kappa shape index (κ2) is 9.08. The molecule has 7 nitrogen and oxygen atoms in total. The third-order valence-corrected chi connectivity index (χ3v) is 5.47.